The van der Waals surface area contributed by atoms with Crippen molar-refractivity contribution in [1.82, 2.24) is 20.2 Å². The molecular weight excluding hydrogens is 338 g/mol. The Morgan fingerprint density at radius 3 is 2.81 bits per heavy atom. The predicted molar refractivity (Wildman–Crippen MR) is 94.0 cm³/mol. The topological polar surface area (TPSA) is 141 Å². The molecule has 5 N–H and O–H groups in total. The van der Waals surface area contributed by atoms with Gasteiger partial charge in [-0.25, -0.2) is 9.78 Å². The second kappa shape index (κ2) is 8.79. The van der Waals surface area contributed by atoms with Crippen molar-refractivity contribution >= 4 is 17.8 Å². The molecule has 9 heteroatoms. The molecule has 2 heterocycles. The van der Waals surface area contributed by atoms with Gasteiger partial charge in [-0.3, -0.25) is 9.59 Å². The first-order valence-electron chi connectivity index (χ1n) is 8.91. The highest BCUT2D eigenvalue weighted by molar-refractivity contribution is 5.92. The molecule has 26 heavy (non-hydrogen) atoms. The first-order valence-corrected chi connectivity index (χ1v) is 8.91. The lowest BCUT2D eigenvalue weighted by Crippen LogP contribution is -2.55. The zero-order valence-corrected chi connectivity index (χ0v) is 15.1. The van der Waals surface area contributed by atoms with E-state index in [1.54, 1.807) is 13.1 Å². The fourth-order valence-electron chi connectivity index (χ4n) is 3.17. The third-order valence-electron chi connectivity index (χ3n) is 4.93. The molecule has 1 fully saturated rings. The lowest BCUT2D eigenvalue weighted by atomic mass is 9.98. The number of aliphatic carboxylic acids is 1. The van der Waals surface area contributed by atoms with E-state index in [0.717, 1.165) is 5.69 Å². The molecule has 0 radical (unpaired) electrons. The SMILES string of the molecule is CCC(C)C(NC(=O)C1CCCN1C(=O)C(N)Cc1cnc[nH]1)C(=O)O. The molecule has 0 bridgehead atoms. The molecule has 1 aromatic heterocycles. The van der Waals surface area contributed by atoms with E-state index in [2.05, 4.69) is 15.3 Å². The van der Waals surface area contributed by atoms with E-state index in [-0.39, 0.29) is 11.8 Å². The first-order chi connectivity index (χ1) is 12.3. The van der Waals surface area contributed by atoms with Crippen LogP contribution in [0.1, 0.15) is 38.8 Å². The van der Waals surface area contributed by atoms with Gasteiger partial charge in [0.15, 0.2) is 0 Å². The van der Waals surface area contributed by atoms with Crippen LogP contribution in [0, 0.1) is 5.92 Å². The molecule has 0 aromatic carbocycles. The third-order valence-corrected chi connectivity index (χ3v) is 4.93. The molecule has 1 aliphatic rings. The standard InChI is InChI=1S/C17H27N5O4/c1-3-10(2)14(17(25)26)21-15(23)13-5-4-6-22(13)16(24)12(18)7-11-8-19-9-20-11/h8-10,12-14H,3-7,18H2,1-2H3,(H,19,20)(H,21,23)(H,25,26). The average molecular weight is 365 g/mol. The second-order valence-corrected chi connectivity index (χ2v) is 6.79. The number of carbonyl (C=O) groups excluding carboxylic acids is 2. The van der Waals surface area contributed by atoms with E-state index in [0.29, 0.717) is 32.2 Å². The van der Waals surface area contributed by atoms with Gasteiger partial charge in [0.25, 0.3) is 0 Å². The summed E-state index contributed by atoms with van der Waals surface area (Å²) in [5.41, 5.74) is 6.75. The van der Waals surface area contributed by atoms with Crippen molar-refractivity contribution in [1.29, 1.82) is 0 Å². The Hall–Kier alpha value is -2.42. The van der Waals surface area contributed by atoms with Crippen LogP contribution in [0.4, 0.5) is 0 Å². The van der Waals surface area contributed by atoms with Crippen molar-refractivity contribution in [2.24, 2.45) is 11.7 Å². The lowest BCUT2D eigenvalue weighted by Gasteiger charge is -2.28. The van der Waals surface area contributed by atoms with Gasteiger partial charge in [-0.05, 0) is 18.8 Å². The number of carbonyl (C=O) groups is 3. The summed E-state index contributed by atoms with van der Waals surface area (Å²) in [5, 5.41) is 11.9. The smallest absolute Gasteiger partial charge is 0.326 e. The maximum absolute atomic E-state index is 12.7. The van der Waals surface area contributed by atoms with Crippen molar-refractivity contribution in [3.63, 3.8) is 0 Å². The second-order valence-electron chi connectivity index (χ2n) is 6.79. The van der Waals surface area contributed by atoms with Crippen molar-refractivity contribution in [3.8, 4) is 0 Å². The summed E-state index contributed by atoms with van der Waals surface area (Å²) < 4.78 is 0. The molecule has 0 saturated carbocycles. The van der Waals surface area contributed by atoms with Crippen LogP contribution in [-0.4, -0.2) is 62.4 Å². The summed E-state index contributed by atoms with van der Waals surface area (Å²) in [6, 6.07) is -2.43. The highest BCUT2D eigenvalue weighted by Crippen LogP contribution is 2.20. The minimum absolute atomic E-state index is 0.204. The third kappa shape index (κ3) is 4.60. The van der Waals surface area contributed by atoms with Crippen molar-refractivity contribution in [3.05, 3.63) is 18.2 Å². The number of aromatic amines is 1. The summed E-state index contributed by atoms with van der Waals surface area (Å²) in [4.78, 5) is 45.0. The molecule has 4 atom stereocenters. The number of likely N-dealkylation sites (tertiary alicyclic amines) is 1. The molecule has 2 rings (SSSR count). The van der Waals surface area contributed by atoms with Crippen LogP contribution in [0.25, 0.3) is 0 Å². The van der Waals surface area contributed by atoms with Gasteiger partial charge in [0.1, 0.15) is 12.1 Å². The van der Waals surface area contributed by atoms with E-state index in [9.17, 15) is 19.5 Å². The predicted octanol–water partition coefficient (Wildman–Crippen LogP) is -0.114. The monoisotopic (exact) mass is 365 g/mol. The number of carboxylic acid groups (broad SMARTS) is 1. The van der Waals surface area contributed by atoms with Crippen LogP contribution < -0.4 is 11.1 Å². The molecule has 144 valence electrons. The number of nitrogens with one attached hydrogen (secondary N) is 2. The minimum Gasteiger partial charge on any atom is -0.480 e. The largest absolute Gasteiger partial charge is 0.480 e. The van der Waals surface area contributed by atoms with Crippen LogP contribution in [0.3, 0.4) is 0 Å². The fourth-order valence-corrected chi connectivity index (χ4v) is 3.17. The summed E-state index contributed by atoms with van der Waals surface area (Å²) in [5.74, 6) is -2.02. The zero-order chi connectivity index (χ0) is 19.3. The Labute approximate surface area is 152 Å². The Morgan fingerprint density at radius 1 is 1.50 bits per heavy atom. The number of carboxylic acids is 1. The number of hydrogen-bond donors (Lipinski definition) is 4. The van der Waals surface area contributed by atoms with Gasteiger partial charge in [0, 0.05) is 24.9 Å². The summed E-state index contributed by atoms with van der Waals surface area (Å²) in [6.07, 6.45) is 5.22. The van der Waals surface area contributed by atoms with Gasteiger partial charge in [-0.2, -0.15) is 0 Å². The van der Waals surface area contributed by atoms with Crippen LogP contribution in [-0.2, 0) is 20.8 Å². The maximum atomic E-state index is 12.7. The highest BCUT2D eigenvalue weighted by atomic mass is 16.4. The Balaban J connectivity index is 2.02. The quantitative estimate of drug-likeness (QED) is 0.506. The molecule has 9 nitrogen and oxygen atoms in total. The van der Waals surface area contributed by atoms with E-state index >= 15 is 0 Å². The first kappa shape index (κ1) is 19.9. The normalized spacial score (nSPS) is 20.4. The highest BCUT2D eigenvalue weighted by Gasteiger charge is 2.38. The van der Waals surface area contributed by atoms with Gasteiger partial charge in [-0.1, -0.05) is 20.3 Å². The van der Waals surface area contributed by atoms with Crippen molar-refractivity contribution < 1.29 is 19.5 Å². The van der Waals surface area contributed by atoms with Gasteiger partial charge < -0.3 is 26.0 Å². The van der Waals surface area contributed by atoms with E-state index < -0.39 is 30.0 Å². The molecule has 0 spiro atoms. The maximum Gasteiger partial charge on any atom is 0.326 e. The van der Waals surface area contributed by atoms with E-state index in [4.69, 9.17) is 5.73 Å². The van der Waals surface area contributed by atoms with Crippen molar-refractivity contribution in [2.75, 3.05) is 6.54 Å². The number of H-pyrrole nitrogens is 1. The molecule has 1 aromatic rings. The fraction of sp³-hybridized carbons (Fsp3) is 0.647. The van der Waals surface area contributed by atoms with Crippen LogP contribution in [0.15, 0.2) is 12.5 Å². The van der Waals surface area contributed by atoms with Crippen LogP contribution in [0.5, 0.6) is 0 Å². The Kier molecular flexibility index (Phi) is 6.73. The van der Waals surface area contributed by atoms with Gasteiger partial charge in [0.05, 0.1) is 12.4 Å². The molecular formula is C17H27N5O4. The average Bonchev–Trinajstić information content (AvgIpc) is 3.29. The van der Waals surface area contributed by atoms with Gasteiger partial charge in [-0.15, -0.1) is 0 Å². The number of aromatic nitrogens is 2. The Morgan fingerprint density at radius 2 is 2.23 bits per heavy atom. The molecule has 1 aliphatic heterocycles. The number of nitrogens with two attached hydrogens (primary N) is 1. The molecule has 1 saturated heterocycles. The summed E-state index contributed by atoms with van der Waals surface area (Å²) in [6.45, 7) is 4.08. The number of hydrogen-bond acceptors (Lipinski definition) is 5. The Bertz CT molecular complexity index is 633. The number of imidazole rings is 1. The van der Waals surface area contributed by atoms with E-state index in [1.165, 1.54) is 11.2 Å². The molecule has 0 aliphatic carbocycles. The zero-order valence-electron chi connectivity index (χ0n) is 15.1. The van der Waals surface area contributed by atoms with E-state index in [1.807, 2.05) is 6.92 Å². The number of rotatable bonds is 8. The number of nitrogens with zero attached hydrogens (tertiary/aromatic N) is 2. The minimum atomic E-state index is -1.07. The summed E-state index contributed by atoms with van der Waals surface area (Å²) >= 11 is 0. The van der Waals surface area contributed by atoms with Gasteiger partial charge in [0.2, 0.25) is 11.8 Å². The molecule has 4 unspecified atom stereocenters. The number of amides is 2. The lowest BCUT2D eigenvalue weighted by molar-refractivity contribution is -0.145. The summed E-state index contributed by atoms with van der Waals surface area (Å²) in [7, 11) is 0. The van der Waals surface area contributed by atoms with Crippen LogP contribution >= 0.6 is 0 Å². The van der Waals surface area contributed by atoms with Crippen LogP contribution in [0.2, 0.25) is 0 Å². The molecule has 2 amide bonds. The van der Waals surface area contributed by atoms with Gasteiger partial charge >= 0.3 is 5.97 Å². The van der Waals surface area contributed by atoms with Crippen molar-refractivity contribution in [2.45, 2.75) is 57.7 Å².